The maximum absolute atomic E-state index is 12.5. The topological polar surface area (TPSA) is 93.4 Å². The maximum Gasteiger partial charge on any atom is 0.286 e. The lowest BCUT2D eigenvalue weighted by molar-refractivity contribution is 0.102. The first-order valence-corrected chi connectivity index (χ1v) is 11.4. The molecule has 0 atom stereocenters. The standard InChI is InChI=1S/C23H23N5O3S/c1-30-17-8-6-16(7-9-17)24-21(29)23-27-26-20(32-23)14-28-12-10-15(11-13-28)22-25-18-4-2-3-5-19(18)31-22/h2-9,15H,10-14H2,1H3,(H,24,29). The van der Waals surface area contributed by atoms with Crippen molar-refractivity contribution in [3.8, 4) is 5.75 Å². The largest absolute Gasteiger partial charge is 0.497 e. The van der Waals surface area contributed by atoms with Crippen molar-refractivity contribution < 1.29 is 13.9 Å². The predicted octanol–water partition coefficient (Wildman–Crippen LogP) is 4.32. The van der Waals surface area contributed by atoms with Crippen LogP contribution in [0, 0.1) is 0 Å². The summed E-state index contributed by atoms with van der Waals surface area (Å²) in [4.78, 5) is 19.5. The summed E-state index contributed by atoms with van der Waals surface area (Å²) >= 11 is 1.33. The van der Waals surface area contributed by atoms with Gasteiger partial charge in [0.1, 0.15) is 16.3 Å². The average Bonchev–Trinajstić information content (AvgIpc) is 3.47. The lowest BCUT2D eigenvalue weighted by Crippen LogP contribution is -2.32. The van der Waals surface area contributed by atoms with E-state index >= 15 is 0 Å². The summed E-state index contributed by atoms with van der Waals surface area (Å²) in [7, 11) is 1.61. The Hall–Kier alpha value is -3.30. The monoisotopic (exact) mass is 449 g/mol. The minimum atomic E-state index is -0.256. The molecule has 32 heavy (non-hydrogen) atoms. The van der Waals surface area contributed by atoms with Crippen LogP contribution in [0.2, 0.25) is 0 Å². The van der Waals surface area contributed by atoms with Gasteiger partial charge in [-0.3, -0.25) is 9.69 Å². The molecule has 1 aliphatic rings. The second-order valence-corrected chi connectivity index (χ2v) is 8.82. The molecule has 1 amide bonds. The Bertz CT molecular complexity index is 1180. The number of oxazole rings is 1. The summed E-state index contributed by atoms with van der Waals surface area (Å²) < 4.78 is 11.1. The van der Waals surface area contributed by atoms with Gasteiger partial charge in [0.2, 0.25) is 5.01 Å². The number of methoxy groups -OCH3 is 1. The molecule has 2 aromatic heterocycles. The van der Waals surface area contributed by atoms with Gasteiger partial charge in [0.15, 0.2) is 11.5 Å². The highest BCUT2D eigenvalue weighted by Crippen LogP contribution is 2.30. The van der Waals surface area contributed by atoms with Gasteiger partial charge in [-0.15, -0.1) is 10.2 Å². The fraction of sp³-hybridized carbons (Fsp3) is 0.304. The van der Waals surface area contributed by atoms with Crippen LogP contribution in [0.1, 0.15) is 39.5 Å². The number of anilines is 1. The zero-order valence-corrected chi connectivity index (χ0v) is 18.5. The first-order valence-electron chi connectivity index (χ1n) is 10.5. The first-order chi connectivity index (χ1) is 15.7. The Morgan fingerprint density at radius 3 is 2.69 bits per heavy atom. The number of hydrogen-bond acceptors (Lipinski definition) is 8. The van der Waals surface area contributed by atoms with Crippen LogP contribution in [0.5, 0.6) is 5.75 Å². The smallest absolute Gasteiger partial charge is 0.286 e. The number of aromatic nitrogens is 3. The van der Waals surface area contributed by atoms with Crippen molar-refractivity contribution >= 4 is 34.0 Å². The van der Waals surface area contributed by atoms with E-state index in [1.54, 1.807) is 31.4 Å². The lowest BCUT2D eigenvalue weighted by atomic mass is 9.97. The molecule has 2 aromatic carbocycles. The number of ether oxygens (including phenoxy) is 1. The fourth-order valence-electron chi connectivity index (χ4n) is 3.86. The Balaban J connectivity index is 1.15. The van der Waals surface area contributed by atoms with E-state index in [0.717, 1.165) is 53.7 Å². The van der Waals surface area contributed by atoms with Crippen LogP contribution >= 0.6 is 11.3 Å². The molecule has 1 aliphatic heterocycles. The molecule has 0 spiro atoms. The number of amides is 1. The number of nitrogens with zero attached hydrogens (tertiary/aromatic N) is 4. The molecule has 4 aromatic rings. The van der Waals surface area contributed by atoms with Crippen LogP contribution in [0.25, 0.3) is 11.1 Å². The SMILES string of the molecule is COc1ccc(NC(=O)c2nnc(CN3CCC(c4nc5ccccc5o4)CC3)s2)cc1. The average molecular weight is 450 g/mol. The quantitative estimate of drug-likeness (QED) is 0.468. The van der Waals surface area contributed by atoms with Crippen molar-refractivity contribution in [1.82, 2.24) is 20.1 Å². The van der Waals surface area contributed by atoms with Crippen molar-refractivity contribution in [3.63, 3.8) is 0 Å². The predicted molar refractivity (Wildman–Crippen MR) is 122 cm³/mol. The minimum Gasteiger partial charge on any atom is -0.497 e. The first kappa shape index (κ1) is 20.6. The molecule has 9 heteroatoms. The molecule has 0 bridgehead atoms. The van der Waals surface area contributed by atoms with Crippen molar-refractivity contribution in [2.75, 3.05) is 25.5 Å². The van der Waals surface area contributed by atoms with E-state index in [4.69, 9.17) is 9.15 Å². The number of rotatable bonds is 6. The number of nitrogens with one attached hydrogen (secondary N) is 1. The number of carbonyl (C=O) groups is 1. The van der Waals surface area contributed by atoms with Crippen LogP contribution in [0.3, 0.4) is 0 Å². The van der Waals surface area contributed by atoms with Crippen molar-refractivity contribution in [1.29, 1.82) is 0 Å². The van der Waals surface area contributed by atoms with E-state index in [-0.39, 0.29) is 5.91 Å². The highest BCUT2D eigenvalue weighted by molar-refractivity contribution is 7.13. The van der Waals surface area contributed by atoms with Crippen LogP contribution in [0.15, 0.2) is 52.9 Å². The maximum atomic E-state index is 12.5. The minimum absolute atomic E-state index is 0.256. The third-order valence-corrected chi connectivity index (χ3v) is 6.52. The van der Waals surface area contributed by atoms with E-state index < -0.39 is 0 Å². The van der Waals surface area contributed by atoms with Gasteiger partial charge in [0.05, 0.1) is 13.7 Å². The summed E-state index contributed by atoms with van der Waals surface area (Å²) in [6, 6.07) is 15.1. The number of likely N-dealkylation sites (tertiary alicyclic amines) is 1. The summed E-state index contributed by atoms with van der Waals surface area (Å²) in [5.74, 6) is 1.65. The highest BCUT2D eigenvalue weighted by atomic mass is 32.1. The number of hydrogen-bond donors (Lipinski definition) is 1. The second-order valence-electron chi connectivity index (χ2n) is 7.75. The Kier molecular flexibility index (Phi) is 5.83. The van der Waals surface area contributed by atoms with Crippen LogP contribution in [-0.2, 0) is 6.54 Å². The molecule has 1 saturated heterocycles. The van der Waals surface area contributed by atoms with Gasteiger partial charge < -0.3 is 14.5 Å². The van der Waals surface area contributed by atoms with Crippen molar-refractivity contribution in [2.45, 2.75) is 25.3 Å². The molecule has 1 fully saturated rings. The Morgan fingerprint density at radius 1 is 1.16 bits per heavy atom. The molecule has 5 rings (SSSR count). The van der Waals surface area contributed by atoms with E-state index in [1.165, 1.54) is 11.3 Å². The van der Waals surface area contributed by atoms with Gasteiger partial charge in [-0.25, -0.2) is 4.98 Å². The number of fused-ring (bicyclic) bond motifs is 1. The molecule has 0 aliphatic carbocycles. The number of carbonyl (C=O) groups excluding carboxylic acids is 1. The lowest BCUT2D eigenvalue weighted by Gasteiger charge is -2.29. The van der Waals surface area contributed by atoms with Gasteiger partial charge >= 0.3 is 0 Å². The van der Waals surface area contributed by atoms with Gasteiger partial charge in [-0.05, 0) is 62.3 Å². The number of benzene rings is 2. The van der Waals surface area contributed by atoms with Crippen LogP contribution in [-0.4, -0.2) is 46.2 Å². The Morgan fingerprint density at radius 2 is 1.94 bits per heavy atom. The summed E-state index contributed by atoms with van der Waals surface area (Å²) in [5.41, 5.74) is 2.45. The van der Waals surface area contributed by atoms with E-state index in [1.807, 2.05) is 24.3 Å². The summed E-state index contributed by atoms with van der Waals surface area (Å²) in [6.45, 7) is 2.54. The summed E-state index contributed by atoms with van der Waals surface area (Å²) in [6.07, 6.45) is 1.97. The molecule has 0 unspecified atom stereocenters. The normalized spacial score (nSPS) is 15.2. The summed E-state index contributed by atoms with van der Waals surface area (Å²) in [5, 5.41) is 12.3. The second kappa shape index (κ2) is 9.05. The van der Waals surface area contributed by atoms with Gasteiger partial charge in [-0.2, -0.15) is 0 Å². The zero-order chi connectivity index (χ0) is 21.9. The third kappa shape index (κ3) is 4.49. The van der Waals surface area contributed by atoms with E-state index in [9.17, 15) is 4.79 Å². The molecular formula is C23H23N5O3S. The van der Waals surface area contributed by atoms with E-state index in [0.29, 0.717) is 23.2 Å². The Labute approximate surface area is 189 Å². The number of para-hydroxylation sites is 2. The van der Waals surface area contributed by atoms with Crippen molar-refractivity contribution in [2.24, 2.45) is 0 Å². The molecule has 0 radical (unpaired) electrons. The molecular weight excluding hydrogens is 426 g/mol. The van der Waals surface area contributed by atoms with Crippen LogP contribution in [0.4, 0.5) is 5.69 Å². The van der Waals surface area contributed by atoms with Gasteiger partial charge in [0, 0.05) is 11.6 Å². The molecule has 164 valence electrons. The molecule has 3 heterocycles. The van der Waals surface area contributed by atoms with Gasteiger partial charge in [-0.1, -0.05) is 23.5 Å². The van der Waals surface area contributed by atoms with Crippen LogP contribution < -0.4 is 10.1 Å². The third-order valence-electron chi connectivity index (χ3n) is 5.62. The highest BCUT2D eigenvalue weighted by Gasteiger charge is 2.25. The molecule has 0 saturated carbocycles. The fourth-order valence-corrected chi connectivity index (χ4v) is 4.64. The van der Waals surface area contributed by atoms with E-state index in [2.05, 4.69) is 25.4 Å². The number of piperidine rings is 1. The van der Waals surface area contributed by atoms with Gasteiger partial charge in [0.25, 0.3) is 5.91 Å². The zero-order valence-electron chi connectivity index (χ0n) is 17.7. The van der Waals surface area contributed by atoms with Crippen molar-refractivity contribution in [3.05, 3.63) is 64.4 Å². The molecule has 8 nitrogen and oxygen atoms in total. The molecule has 1 N–H and O–H groups in total.